The minimum absolute atomic E-state index is 0.0168. The minimum atomic E-state index is -0.0168. The van der Waals surface area contributed by atoms with Crippen LogP contribution in [0.3, 0.4) is 0 Å². The normalized spacial score (nSPS) is 20.5. The van der Waals surface area contributed by atoms with E-state index in [1.165, 1.54) is 13.0 Å². The van der Waals surface area contributed by atoms with Crippen LogP contribution < -0.4 is 0 Å². The van der Waals surface area contributed by atoms with Gasteiger partial charge in [-0.05, 0) is 39.8 Å². The van der Waals surface area contributed by atoms with Crippen molar-refractivity contribution in [2.45, 2.75) is 32.3 Å². The zero-order chi connectivity index (χ0) is 12.7. The molecule has 4 heteroatoms. The average molecular weight is 244 g/mol. The minimum Gasteiger partial charge on any atom is -0.395 e. The van der Waals surface area contributed by atoms with Crippen molar-refractivity contribution in [2.24, 2.45) is 0 Å². The van der Waals surface area contributed by atoms with E-state index in [9.17, 15) is 0 Å². The molecule has 1 aliphatic rings. The maximum absolute atomic E-state index is 8.95. The van der Waals surface area contributed by atoms with E-state index in [0.717, 1.165) is 39.1 Å². The Morgan fingerprint density at radius 1 is 1.06 bits per heavy atom. The lowest BCUT2D eigenvalue weighted by Gasteiger charge is -2.27. The lowest BCUT2D eigenvalue weighted by molar-refractivity contribution is 0.00769. The van der Waals surface area contributed by atoms with Crippen LogP contribution in [0.25, 0.3) is 0 Å². The molecule has 1 heterocycles. The van der Waals surface area contributed by atoms with E-state index >= 15 is 0 Å². The second-order valence-corrected chi connectivity index (χ2v) is 5.47. The van der Waals surface area contributed by atoms with Crippen LogP contribution in [0.15, 0.2) is 0 Å². The molecule has 0 aromatic carbocycles. The molecule has 0 bridgehead atoms. The summed E-state index contributed by atoms with van der Waals surface area (Å²) in [6, 6.07) is 0. The molecule has 1 fully saturated rings. The molecule has 0 aromatic rings. The Balaban J connectivity index is 2.27. The first-order chi connectivity index (χ1) is 8.07. The van der Waals surface area contributed by atoms with Crippen molar-refractivity contribution in [2.75, 3.05) is 53.0 Å². The van der Waals surface area contributed by atoms with Crippen molar-refractivity contribution in [1.29, 1.82) is 0 Å². The summed E-state index contributed by atoms with van der Waals surface area (Å²) in [5.74, 6) is 0. The van der Waals surface area contributed by atoms with Gasteiger partial charge in [0.15, 0.2) is 0 Å². The molecule has 0 radical (unpaired) electrons. The van der Waals surface area contributed by atoms with Crippen LogP contribution in [0.2, 0.25) is 0 Å². The molecule has 1 N–H and O–H groups in total. The Kier molecular flexibility index (Phi) is 6.41. The highest BCUT2D eigenvalue weighted by Crippen LogP contribution is 2.14. The first-order valence-electron chi connectivity index (χ1n) is 6.68. The van der Waals surface area contributed by atoms with Crippen LogP contribution in [-0.4, -0.2) is 73.5 Å². The molecule has 0 saturated carbocycles. The van der Waals surface area contributed by atoms with Gasteiger partial charge in [-0.15, -0.1) is 0 Å². The lowest BCUT2D eigenvalue weighted by Crippen LogP contribution is -2.35. The zero-order valence-corrected chi connectivity index (χ0v) is 11.6. The fourth-order valence-electron chi connectivity index (χ4n) is 2.14. The molecule has 0 unspecified atom stereocenters. The number of nitrogens with zero attached hydrogens (tertiary/aromatic N) is 2. The van der Waals surface area contributed by atoms with Gasteiger partial charge in [-0.25, -0.2) is 0 Å². The van der Waals surface area contributed by atoms with Gasteiger partial charge in [0.2, 0.25) is 0 Å². The second-order valence-electron chi connectivity index (χ2n) is 5.47. The molecule has 1 rings (SSSR count). The van der Waals surface area contributed by atoms with Crippen molar-refractivity contribution >= 4 is 0 Å². The molecule has 4 nitrogen and oxygen atoms in total. The Bertz CT molecular complexity index is 210. The van der Waals surface area contributed by atoms with Crippen molar-refractivity contribution in [3.05, 3.63) is 0 Å². The monoisotopic (exact) mass is 244 g/mol. The van der Waals surface area contributed by atoms with Gasteiger partial charge in [0, 0.05) is 33.3 Å². The molecule has 1 saturated heterocycles. The molecule has 102 valence electrons. The van der Waals surface area contributed by atoms with Crippen molar-refractivity contribution < 1.29 is 9.84 Å². The van der Waals surface area contributed by atoms with Gasteiger partial charge in [0.25, 0.3) is 0 Å². The van der Waals surface area contributed by atoms with Gasteiger partial charge in [-0.1, -0.05) is 0 Å². The molecule has 0 spiro atoms. The third-order valence-corrected chi connectivity index (χ3v) is 3.68. The number of ether oxygens (including phenoxy) is 1. The Hall–Kier alpha value is -0.160. The summed E-state index contributed by atoms with van der Waals surface area (Å²) in [5, 5.41) is 8.95. The molecule has 0 aromatic heterocycles. The van der Waals surface area contributed by atoms with Gasteiger partial charge >= 0.3 is 0 Å². The summed E-state index contributed by atoms with van der Waals surface area (Å²) in [6.45, 7) is 11.0. The van der Waals surface area contributed by atoms with Crippen LogP contribution in [0, 0.1) is 0 Å². The Morgan fingerprint density at radius 3 is 2.18 bits per heavy atom. The van der Waals surface area contributed by atoms with E-state index in [1.54, 1.807) is 7.11 Å². The third-order valence-electron chi connectivity index (χ3n) is 3.68. The number of aliphatic hydroxyl groups is 1. The summed E-state index contributed by atoms with van der Waals surface area (Å²) < 4.78 is 5.45. The SMILES string of the molecule is COC(C)(C)CCN1CCCN(CCO)CC1. The molecular formula is C13H28N2O2. The smallest absolute Gasteiger partial charge is 0.0634 e. The number of hydrogen-bond donors (Lipinski definition) is 1. The molecular weight excluding hydrogens is 216 g/mol. The van der Waals surface area contributed by atoms with E-state index in [4.69, 9.17) is 9.84 Å². The highest BCUT2D eigenvalue weighted by molar-refractivity contribution is 4.74. The van der Waals surface area contributed by atoms with E-state index in [1.807, 2.05) is 0 Å². The molecule has 0 atom stereocenters. The maximum atomic E-state index is 8.95. The summed E-state index contributed by atoms with van der Waals surface area (Å²) in [6.07, 6.45) is 2.27. The van der Waals surface area contributed by atoms with E-state index in [0.29, 0.717) is 0 Å². The topological polar surface area (TPSA) is 35.9 Å². The zero-order valence-electron chi connectivity index (χ0n) is 11.6. The van der Waals surface area contributed by atoms with E-state index in [2.05, 4.69) is 23.6 Å². The third kappa shape index (κ3) is 5.82. The summed E-state index contributed by atoms with van der Waals surface area (Å²) in [7, 11) is 1.78. The second kappa shape index (κ2) is 7.31. The lowest BCUT2D eigenvalue weighted by atomic mass is 10.1. The number of β-amino-alcohol motifs (C(OH)–C–C–N with tert-alkyl or cyclic N) is 1. The van der Waals surface area contributed by atoms with Gasteiger partial charge < -0.3 is 14.7 Å². The number of rotatable bonds is 6. The summed E-state index contributed by atoms with van der Waals surface area (Å²) in [4.78, 5) is 4.86. The average Bonchev–Trinajstić information content (AvgIpc) is 2.53. The fourth-order valence-corrected chi connectivity index (χ4v) is 2.14. The number of hydrogen-bond acceptors (Lipinski definition) is 4. The first kappa shape index (κ1) is 14.9. The predicted molar refractivity (Wildman–Crippen MR) is 70.3 cm³/mol. The number of aliphatic hydroxyl groups excluding tert-OH is 1. The van der Waals surface area contributed by atoms with Crippen LogP contribution in [0.4, 0.5) is 0 Å². The highest BCUT2D eigenvalue weighted by atomic mass is 16.5. The van der Waals surface area contributed by atoms with Gasteiger partial charge in [0.05, 0.1) is 12.2 Å². The largest absolute Gasteiger partial charge is 0.395 e. The summed E-state index contributed by atoms with van der Waals surface area (Å²) >= 11 is 0. The van der Waals surface area contributed by atoms with Crippen molar-refractivity contribution in [3.63, 3.8) is 0 Å². The van der Waals surface area contributed by atoms with Crippen LogP contribution >= 0.6 is 0 Å². The first-order valence-corrected chi connectivity index (χ1v) is 6.68. The van der Waals surface area contributed by atoms with Crippen molar-refractivity contribution in [3.8, 4) is 0 Å². The number of methoxy groups -OCH3 is 1. The quantitative estimate of drug-likeness (QED) is 0.750. The van der Waals surface area contributed by atoms with Gasteiger partial charge in [-0.2, -0.15) is 0 Å². The van der Waals surface area contributed by atoms with E-state index < -0.39 is 0 Å². The van der Waals surface area contributed by atoms with Crippen LogP contribution in [0.1, 0.15) is 26.7 Å². The predicted octanol–water partition coefficient (Wildman–Crippen LogP) is 0.802. The Labute approximate surface area is 106 Å². The summed E-state index contributed by atoms with van der Waals surface area (Å²) in [5.41, 5.74) is -0.0168. The van der Waals surface area contributed by atoms with Crippen LogP contribution in [0.5, 0.6) is 0 Å². The van der Waals surface area contributed by atoms with Crippen molar-refractivity contribution in [1.82, 2.24) is 9.80 Å². The molecule has 17 heavy (non-hydrogen) atoms. The maximum Gasteiger partial charge on any atom is 0.0634 e. The van der Waals surface area contributed by atoms with Gasteiger partial charge in [-0.3, -0.25) is 4.90 Å². The molecule has 0 amide bonds. The highest BCUT2D eigenvalue weighted by Gasteiger charge is 2.19. The van der Waals surface area contributed by atoms with Gasteiger partial charge in [0.1, 0.15) is 0 Å². The van der Waals surface area contributed by atoms with E-state index in [-0.39, 0.29) is 12.2 Å². The Morgan fingerprint density at radius 2 is 1.65 bits per heavy atom. The fraction of sp³-hybridized carbons (Fsp3) is 1.00. The standard InChI is InChI=1S/C13H28N2O2/c1-13(2,17-3)5-8-14-6-4-7-15(10-9-14)11-12-16/h16H,4-12H2,1-3H3. The molecule has 0 aliphatic carbocycles. The van der Waals surface area contributed by atoms with Crippen LogP contribution in [-0.2, 0) is 4.74 Å². The molecule has 1 aliphatic heterocycles.